The van der Waals surface area contributed by atoms with Crippen molar-refractivity contribution in [3.8, 4) is 11.1 Å². The number of hydrogen-bond donors (Lipinski definition) is 2. The number of carbonyl (C=O) groups is 1. The van der Waals surface area contributed by atoms with Crippen LogP contribution in [0.3, 0.4) is 0 Å². The van der Waals surface area contributed by atoms with E-state index in [1.165, 1.54) is 11.8 Å². The monoisotopic (exact) mass is 553 g/mol. The van der Waals surface area contributed by atoms with E-state index in [-0.39, 0.29) is 30.6 Å². The third-order valence-corrected chi connectivity index (χ3v) is 8.42. The van der Waals surface area contributed by atoms with Crippen LogP contribution in [0.25, 0.3) is 11.1 Å². The van der Waals surface area contributed by atoms with E-state index in [1.807, 2.05) is 48.5 Å². The van der Waals surface area contributed by atoms with Crippen LogP contribution in [0.1, 0.15) is 48.5 Å². The summed E-state index contributed by atoms with van der Waals surface area (Å²) >= 11 is 1.80. The molecule has 4 unspecified atom stereocenters. The maximum Gasteiger partial charge on any atom is 0.217 e. The van der Waals surface area contributed by atoms with Gasteiger partial charge in [-0.3, -0.25) is 4.79 Å². The molecule has 206 valence electrons. The van der Waals surface area contributed by atoms with Crippen molar-refractivity contribution in [3.63, 3.8) is 0 Å². The summed E-state index contributed by atoms with van der Waals surface area (Å²) in [7, 11) is 0. The van der Waals surface area contributed by atoms with Gasteiger partial charge in [0.1, 0.15) is 0 Å². The molecule has 4 aromatic rings. The fourth-order valence-electron chi connectivity index (χ4n) is 5.00. The molecule has 1 fully saturated rings. The lowest BCUT2D eigenvalue weighted by Gasteiger charge is -2.41. The molecule has 1 heterocycles. The average molecular weight is 554 g/mol. The van der Waals surface area contributed by atoms with E-state index in [0.717, 1.165) is 39.1 Å². The Morgan fingerprint density at radius 3 is 2.23 bits per heavy atom. The lowest BCUT2D eigenvalue weighted by molar-refractivity contribution is -0.268. The van der Waals surface area contributed by atoms with Gasteiger partial charge in [0.2, 0.25) is 5.91 Å². The number of carbonyl (C=O) groups excluding carboxylic acids is 1. The molecule has 5 nitrogen and oxygen atoms in total. The standard InChI is InChI=1S/C34H35NO4S/c1-23-32(22-40-30-9-4-3-5-10-30)38-34(39-33(23)27-14-12-25(21-36)13-15-27)28-18-16-26(17-19-28)31-11-7-6-8-29(31)20-35-24(2)37/h3-19,23,32-34,36H,20-22H2,1-2H3,(H,35,37). The summed E-state index contributed by atoms with van der Waals surface area (Å²) < 4.78 is 13.2. The molecule has 40 heavy (non-hydrogen) atoms. The van der Waals surface area contributed by atoms with E-state index < -0.39 is 6.29 Å². The summed E-state index contributed by atoms with van der Waals surface area (Å²) in [5.41, 5.74) is 6.14. The van der Waals surface area contributed by atoms with E-state index in [0.29, 0.717) is 6.54 Å². The van der Waals surface area contributed by atoms with Crippen molar-refractivity contribution in [2.75, 3.05) is 5.75 Å². The van der Waals surface area contributed by atoms with Crippen LogP contribution in [0.2, 0.25) is 0 Å². The summed E-state index contributed by atoms with van der Waals surface area (Å²) in [6.45, 7) is 4.22. The van der Waals surface area contributed by atoms with E-state index in [4.69, 9.17) is 9.47 Å². The Morgan fingerprint density at radius 1 is 0.850 bits per heavy atom. The van der Waals surface area contributed by atoms with Crippen molar-refractivity contribution in [2.24, 2.45) is 5.92 Å². The predicted molar refractivity (Wildman–Crippen MR) is 160 cm³/mol. The number of amides is 1. The van der Waals surface area contributed by atoms with Crippen LogP contribution in [0.5, 0.6) is 0 Å². The van der Waals surface area contributed by atoms with E-state index >= 15 is 0 Å². The van der Waals surface area contributed by atoms with Gasteiger partial charge < -0.3 is 19.9 Å². The van der Waals surface area contributed by atoms with Crippen LogP contribution in [-0.4, -0.2) is 22.9 Å². The SMILES string of the molecule is CC(=O)NCc1ccccc1-c1ccc(C2OC(CSc3ccccc3)C(C)C(c3ccc(CO)cc3)O2)cc1. The van der Waals surface area contributed by atoms with Gasteiger partial charge in [-0.15, -0.1) is 11.8 Å². The highest BCUT2D eigenvalue weighted by molar-refractivity contribution is 7.99. The zero-order chi connectivity index (χ0) is 27.9. The number of hydrogen-bond acceptors (Lipinski definition) is 5. The predicted octanol–water partition coefficient (Wildman–Crippen LogP) is 7.07. The fourth-order valence-corrected chi connectivity index (χ4v) is 6.09. The first-order valence-corrected chi connectivity index (χ1v) is 14.6. The van der Waals surface area contributed by atoms with Gasteiger partial charge in [-0.05, 0) is 39.9 Å². The summed E-state index contributed by atoms with van der Waals surface area (Å²) in [5, 5.41) is 12.4. The van der Waals surface area contributed by atoms with Crippen LogP contribution < -0.4 is 5.32 Å². The topological polar surface area (TPSA) is 67.8 Å². The molecular weight excluding hydrogens is 518 g/mol. The van der Waals surface area contributed by atoms with Gasteiger partial charge in [0.25, 0.3) is 0 Å². The first kappa shape index (κ1) is 28.1. The highest BCUT2D eigenvalue weighted by Crippen LogP contribution is 2.43. The van der Waals surface area contributed by atoms with Gasteiger partial charge in [-0.1, -0.05) is 97.9 Å². The first-order chi connectivity index (χ1) is 19.5. The minimum Gasteiger partial charge on any atom is -0.392 e. The molecule has 4 aromatic carbocycles. The van der Waals surface area contributed by atoms with Crippen LogP contribution in [0, 0.1) is 5.92 Å². The van der Waals surface area contributed by atoms with E-state index in [1.54, 1.807) is 11.8 Å². The fraction of sp³-hybridized carbons (Fsp3) is 0.265. The normalized spacial score (nSPS) is 20.7. The molecule has 0 saturated carbocycles. The maximum atomic E-state index is 11.5. The highest BCUT2D eigenvalue weighted by Gasteiger charge is 2.38. The second-order valence-electron chi connectivity index (χ2n) is 10.1. The number of thioether (sulfide) groups is 1. The number of aliphatic hydroxyl groups excluding tert-OH is 1. The molecule has 0 spiro atoms. The average Bonchev–Trinajstić information content (AvgIpc) is 3.00. The third kappa shape index (κ3) is 6.83. The van der Waals surface area contributed by atoms with Gasteiger partial charge in [0.15, 0.2) is 6.29 Å². The Labute approximate surface area is 240 Å². The van der Waals surface area contributed by atoms with Gasteiger partial charge in [-0.25, -0.2) is 0 Å². The molecule has 4 atom stereocenters. The minimum absolute atomic E-state index is 0.0176. The molecule has 0 aromatic heterocycles. The second-order valence-corrected chi connectivity index (χ2v) is 11.2. The Bertz CT molecular complexity index is 1390. The van der Waals surface area contributed by atoms with Crippen LogP contribution in [-0.2, 0) is 27.4 Å². The maximum absolute atomic E-state index is 11.5. The third-order valence-electron chi connectivity index (χ3n) is 7.32. The molecule has 5 rings (SSSR count). The Morgan fingerprint density at radius 2 is 1.52 bits per heavy atom. The van der Waals surface area contributed by atoms with Gasteiger partial charge in [0, 0.05) is 35.6 Å². The van der Waals surface area contributed by atoms with E-state index in [9.17, 15) is 9.90 Å². The summed E-state index contributed by atoms with van der Waals surface area (Å²) in [4.78, 5) is 12.7. The second kappa shape index (κ2) is 13.3. The Hall–Kier alpha value is -3.42. The molecule has 0 radical (unpaired) electrons. The number of ether oxygens (including phenoxy) is 2. The zero-order valence-corrected chi connectivity index (χ0v) is 23.6. The molecule has 6 heteroatoms. The molecule has 0 bridgehead atoms. The minimum atomic E-state index is -0.510. The zero-order valence-electron chi connectivity index (χ0n) is 22.8. The molecular formula is C34H35NO4S. The number of rotatable bonds is 9. The van der Waals surface area contributed by atoms with Crippen molar-refractivity contribution in [3.05, 3.63) is 125 Å². The van der Waals surface area contributed by atoms with Crippen LogP contribution in [0.4, 0.5) is 0 Å². The number of aliphatic hydroxyl groups is 1. The summed E-state index contributed by atoms with van der Waals surface area (Å²) in [6.07, 6.45) is -0.681. The lowest BCUT2D eigenvalue weighted by atomic mass is 9.91. The molecule has 2 N–H and O–H groups in total. The number of nitrogens with one attached hydrogen (secondary N) is 1. The molecule has 0 aliphatic carbocycles. The van der Waals surface area contributed by atoms with Crippen LogP contribution >= 0.6 is 11.8 Å². The Balaban J connectivity index is 1.39. The molecule has 1 aliphatic heterocycles. The van der Waals surface area contributed by atoms with Crippen molar-refractivity contribution in [1.82, 2.24) is 5.32 Å². The highest BCUT2D eigenvalue weighted by atomic mass is 32.2. The summed E-state index contributed by atoms with van der Waals surface area (Å²) in [5.74, 6) is 0.893. The van der Waals surface area contributed by atoms with Gasteiger partial charge >= 0.3 is 0 Å². The molecule has 1 saturated heterocycles. The smallest absolute Gasteiger partial charge is 0.217 e. The summed E-state index contributed by atoms with van der Waals surface area (Å²) in [6, 6.07) is 34.8. The van der Waals surface area contributed by atoms with Crippen LogP contribution in [0.15, 0.2) is 108 Å². The molecule has 1 aliphatic rings. The van der Waals surface area contributed by atoms with Crippen molar-refractivity contribution in [1.29, 1.82) is 0 Å². The van der Waals surface area contributed by atoms with Crippen molar-refractivity contribution < 1.29 is 19.4 Å². The number of benzene rings is 4. The van der Waals surface area contributed by atoms with Gasteiger partial charge in [-0.2, -0.15) is 0 Å². The van der Waals surface area contributed by atoms with Crippen molar-refractivity contribution in [2.45, 2.75) is 50.4 Å². The van der Waals surface area contributed by atoms with Gasteiger partial charge in [0.05, 0.1) is 18.8 Å². The van der Waals surface area contributed by atoms with Crippen molar-refractivity contribution >= 4 is 17.7 Å². The molecule has 1 amide bonds. The first-order valence-electron chi connectivity index (χ1n) is 13.6. The Kier molecular flexibility index (Phi) is 9.34. The quantitative estimate of drug-likeness (QED) is 0.217. The van der Waals surface area contributed by atoms with E-state index in [2.05, 4.69) is 66.8 Å². The lowest BCUT2D eigenvalue weighted by Crippen LogP contribution is -2.38. The largest absolute Gasteiger partial charge is 0.392 e.